The molecular formula is C14H15N3O2S. The van der Waals surface area contributed by atoms with Crippen molar-refractivity contribution < 1.29 is 9.53 Å². The van der Waals surface area contributed by atoms with E-state index < -0.39 is 0 Å². The molecule has 0 aliphatic carbocycles. The molecule has 0 atom stereocenters. The van der Waals surface area contributed by atoms with Crippen LogP contribution < -0.4 is 0 Å². The predicted octanol–water partition coefficient (Wildman–Crippen LogP) is 1.58. The first-order valence-electron chi connectivity index (χ1n) is 6.53. The average Bonchev–Trinajstić information content (AvgIpc) is 2.48. The second-order valence-corrected chi connectivity index (χ2v) is 5.60. The Hall–Kier alpha value is -1.50. The highest BCUT2D eigenvalue weighted by Gasteiger charge is 2.16. The Kier molecular flexibility index (Phi) is 4.25. The van der Waals surface area contributed by atoms with Gasteiger partial charge in [-0.3, -0.25) is 9.69 Å². The fourth-order valence-electron chi connectivity index (χ4n) is 2.14. The minimum atomic E-state index is 0.107. The van der Waals surface area contributed by atoms with Crippen molar-refractivity contribution in [3.05, 3.63) is 30.6 Å². The number of para-hydroxylation sites is 1. The van der Waals surface area contributed by atoms with Crippen molar-refractivity contribution in [2.24, 2.45) is 0 Å². The van der Waals surface area contributed by atoms with Crippen LogP contribution in [0.3, 0.4) is 0 Å². The molecule has 0 saturated carbocycles. The molecule has 2 heterocycles. The highest BCUT2D eigenvalue weighted by atomic mass is 32.2. The molecule has 1 aliphatic heterocycles. The molecular weight excluding hydrogens is 274 g/mol. The zero-order valence-corrected chi connectivity index (χ0v) is 11.8. The Bertz CT molecular complexity index is 609. The van der Waals surface area contributed by atoms with Crippen molar-refractivity contribution in [2.45, 2.75) is 5.03 Å². The van der Waals surface area contributed by atoms with E-state index in [0.717, 1.165) is 29.0 Å². The van der Waals surface area contributed by atoms with Crippen molar-refractivity contribution in [1.82, 2.24) is 14.9 Å². The number of nitrogens with zero attached hydrogens (tertiary/aromatic N) is 3. The lowest BCUT2D eigenvalue weighted by atomic mass is 10.2. The van der Waals surface area contributed by atoms with Crippen LogP contribution in [-0.4, -0.2) is 52.8 Å². The number of hydrogen-bond acceptors (Lipinski definition) is 6. The molecule has 0 unspecified atom stereocenters. The van der Waals surface area contributed by atoms with Gasteiger partial charge in [-0.25, -0.2) is 9.97 Å². The van der Waals surface area contributed by atoms with Crippen LogP contribution in [0.2, 0.25) is 0 Å². The third-order valence-corrected chi connectivity index (χ3v) is 4.05. The summed E-state index contributed by atoms with van der Waals surface area (Å²) in [6, 6.07) is 7.73. The number of benzene rings is 1. The molecule has 5 nitrogen and oxygen atoms in total. The maximum absolute atomic E-state index is 12.1. The molecule has 20 heavy (non-hydrogen) atoms. The molecule has 1 saturated heterocycles. The molecule has 0 amide bonds. The minimum absolute atomic E-state index is 0.107. The molecule has 6 heteroatoms. The van der Waals surface area contributed by atoms with Crippen molar-refractivity contribution in [2.75, 3.05) is 32.8 Å². The number of morpholine rings is 1. The summed E-state index contributed by atoms with van der Waals surface area (Å²) in [4.78, 5) is 22.7. The summed E-state index contributed by atoms with van der Waals surface area (Å²) in [5.74, 6) is 0. The van der Waals surface area contributed by atoms with E-state index in [1.807, 2.05) is 24.3 Å². The number of carbonyl (C=O) groups is 1. The molecule has 0 N–H and O–H groups in total. The van der Waals surface area contributed by atoms with E-state index in [9.17, 15) is 4.79 Å². The van der Waals surface area contributed by atoms with Crippen LogP contribution in [-0.2, 0) is 9.53 Å². The number of ether oxygens (including phenoxy) is 1. The zero-order chi connectivity index (χ0) is 13.8. The molecule has 1 aliphatic rings. The maximum Gasteiger partial charge on any atom is 0.209 e. The number of fused-ring (bicyclic) bond motifs is 1. The molecule has 0 radical (unpaired) electrons. The van der Waals surface area contributed by atoms with Gasteiger partial charge in [-0.05, 0) is 17.8 Å². The van der Waals surface area contributed by atoms with Crippen LogP contribution >= 0.6 is 11.8 Å². The monoisotopic (exact) mass is 289 g/mol. The second kappa shape index (κ2) is 6.30. The molecule has 1 aromatic carbocycles. The van der Waals surface area contributed by atoms with Gasteiger partial charge in [-0.15, -0.1) is 0 Å². The van der Waals surface area contributed by atoms with Gasteiger partial charge in [0.05, 0.1) is 25.3 Å². The minimum Gasteiger partial charge on any atom is -0.379 e. The quantitative estimate of drug-likeness (QED) is 0.631. The predicted molar refractivity (Wildman–Crippen MR) is 77.7 cm³/mol. The van der Waals surface area contributed by atoms with Crippen molar-refractivity contribution in [3.63, 3.8) is 0 Å². The molecule has 1 fully saturated rings. The first-order chi connectivity index (χ1) is 9.83. The average molecular weight is 289 g/mol. The van der Waals surface area contributed by atoms with Crippen molar-refractivity contribution in [3.8, 4) is 0 Å². The van der Waals surface area contributed by atoms with E-state index in [1.54, 1.807) is 0 Å². The first-order valence-corrected chi connectivity index (χ1v) is 7.35. The highest BCUT2D eigenvalue weighted by Crippen LogP contribution is 2.24. The van der Waals surface area contributed by atoms with Crippen molar-refractivity contribution in [1.29, 1.82) is 0 Å². The third kappa shape index (κ3) is 3.15. The van der Waals surface area contributed by atoms with E-state index in [4.69, 9.17) is 4.74 Å². The summed E-state index contributed by atoms with van der Waals surface area (Å²) < 4.78 is 5.28. The van der Waals surface area contributed by atoms with Gasteiger partial charge < -0.3 is 4.74 Å². The van der Waals surface area contributed by atoms with E-state index in [0.29, 0.717) is 19.8 Å². The SMILES string of the molecule is O=C(CN1CCOCC1)Sc1ncnc2ccccc12. The van der Waals surface area contributed by atoms with Gasteiger partial charge in [0, 0.05) is 18.5 Å². The topological polar surface area (TPSA) is 55.3 Å². The van der Waals surface area contributed by atoms with Gasteiger partial charge in [0.25, 0.3) is 0 Å². The molecule has 2 aromatic rings. The Balaban J connectivity index is 1.71. The first kappa shape index (κ1) is 13.5. The maximum atomic E-state index is 12.1. The summed E-state index contributed by atoms with van der Waals surface area (Å²) in [5.41, 5.74) is 0.865. The van der Waals surface area contributed by atoms with Crippen LogP contribution in [0, 0.1) is 0 Å². The number of thioether (sulfide) groups is 1. The highest BCUT2D eigenvalue weighted by molar-refractivity contribution is 8.13. The Morgan fingerprint density at radius 1 is 1.25 bits per heavy atom. The number of hydrogen-bond donors (Lipinski definition) is 0. The van der Waals surface area contributed by atoms with Gasteiger partial charge in [0.1, 0.15) is 11.4 Å². The molecule has 104 valence electrons. The molecule has 1 aromatic heterocycles. The van der Waals surface area contributed by atoms with E-state index >= 15 is 0 Å². The van der Waals surface area contributed by atoms with Gasteiger partial charge in [0.2, 0.25) is 5.12 Å². The lowest BCUT2D eigenvalue weighted by molar-refractivity contribution is -0.113. The Labute approximate surface area is 121 Å². The standard InChI is InChI=1S/C14H15N3O2S/c18-13(9-17-5-7-19-8-6-17)20-14-11-3-1-2-4-12(11)15-10-16-14/h1-4,10H,5-9H2. The van der Waals surface area contributed by atoms with Crippen LogP contribution in [0.15, 0.2) is 35.6 Å². The largest absolute Gasteiger partial charge is 0.379 e. The smallest absolute Gasteiger partial charge is 0.209 e. The second-order valence-electron chi connectivity index (χ2n) is 4.56. The normalized spacial score (nSPS) is 16.4. The lowest BCUT2D eigenvalue weighted by Crippen LogP contribution is -2.38. The number of carbonyl (C=O) groups excluding carboxylic acids is 1. The van der Waals surface area contributed by atoms with Gasteiger partial charge in [0.15, 0.2) is 0 Å². The third-order valence-electron chi connectivity index (χ3n) is 3.17. The fourth-order valence-corrected chi connectivity index (χ4v) is 2.99. The van der Waals surface area contributed by atoms with Crippen LogP contribution in [0.25, 0.3) is 10.9 Å². The number of aromatic nitrogens is 2. The van der Waals surface area contributed by atoms with Crippen molar-refractivity contribution >= 4 is 27.8 Å². The Morgan fingerprint density at radius 3 is 2.90 bits per heavy atom. The number of rotatable bonds is 3. The van der Waals surface area contributed by atoms with Crippen LogP contribution in [0.4, 0.5) is 0 Å². The van der Waals surface area contributed by atoms with E-state index in [2.05, 4.69) is 14.9 Å². The van der Waals surface area contributed by atoms with Crippen LogP contribution in [0.1, 0.15) is 0 Å². The molecule has 3 rings (SSSR count). The molecule has 0 spiro atoms. The lowest BCUT2D eigenvalue weighted by Gasteiger charge is -2.25. The van der Waals surface area contributed by atoms with Gasteiger partial charge in [-0.2, -0.15) is 0 Å². The summed E-state index contributed by atoms with van der Waals surface area (Å²) in [6.45, 7) is 3.47. The zero-order valence-electron chi connectivity index (χ0n) is 11.0. The fraction of sp³-hybridized carbons (Fsp3) is 0.357. The van der Waals surface area contributed by atoms with E-state index in [-0.39, 0.29) is 5.12 Å². The Morgan fingerprint density at radius 2 is 2.05 bits per heavy atom. The molecule has 0 bridgehead atoms. The van der Waals surface area contributed by atoms with Gasteiger partial charge >= 0.3 is 0 Å². The summed E-state index contributed by atoms with van der Waals surface area (Å²) >= 11 is 1.19. The summed E-state index contributed by atoms with van der Waals surface area (Å²) in [5, 5.41) is 1.76. The van der Waals surface area contributed by atoms with E-state index in [1.165, 1.54) is 18.1 Å². The van der Waals surface area contributed by atoms with Crippen LogP contribution in [0.5, 0.6) is 0 Å². The summed E-state index contributed by atoms with van der Waals surface area (Å²) in [7, 11) is 0. The summed E-state index contributed by atoms with van der Waals surface area (Å²) in [6.07, 6.45) is 1.51. The van der Waals surface area contributed by atoms with Gasteiger partial charge in [-0.1, -0.05) is 18.2 Å².